The van der Waals surface area contributed by atoms with E-state index < -0.39 is 5.97 Å². The van der Waals surface area contributed by atoms with E-state index in [0.717, 1.165) is 32.0 Å². The largest absolute Gasteiger partial charge is 0.478 e. The number of rotatable bonds is 3. The lowest BCUT2D eigenvalue weighted by molar-refractivity contribution is -0.131. The van der Waals surface area contributed by atoms with Crippen molar-refractivity contribution in [3.05, 3.63) is 11.1 Å². The van der Waals surface area contributed by atoms with Crippen molar-refractivity contribution in [1.82, 2.24) is 9.80 Å². The maximum Gasteiger partial charge on any atom is 0.330 e. The molecule has 1 amide bonds. The van der Waals surface area contributed by atoms with E-state index in [-0.39, 0.29) is 11.3 Å². The molecule has 0 radical (unpaired) electrons. The van der Waals surface area contributed by atoms with Crippen LogP contribution in [0.3, 0.4) is 0 Å². The molecule has 0 unspecified atom stereocenters. The number of nitrogens with zero attached hydrogens (tertiary/aromatic N) is 2. The number of aliphatic carboxylic acids is 1. The van der Waals surface area contributed by atoms with Gasteiger partial charge in [0.25, 0.3) is 5.91 Å². The molecule has 1 N–H and O–H groups in total. The normalized spacial score (nSPS) is 28.1. The summed E-state index contributed by atoms with van der Waals surface area (Å²) in [6.45, 7) is 4.25. The molecular weight excluding hydrogens is 252 g/mol. The van der Waals surface area contributed by atoms with Gasteiger partial charge in [0.05, 0.1) is 11.1 Å². The van der Waals surface area contributed by atoms with Crippen molar-refractivity contribution < 1.29 is 14.7 Å². The maximum atomic E-state index is 12.3. The number of carbonyl (C=O) groups excluding carboxylic acids is 1. The molecule has 100 valence electrons. The summed E-state index contributed by atoms with van der Waals surface area (Å²) in [7, 11) is 0. The summed E-state index contributed by atoms with van der Waals surface area (Å²) < 4.78 is 0. The lowest BCUT2D eigenvalue weighted by Gasteiger charge is -2.29. The zero-order valence-corrected chi connectivity index (χ0v) is 11.3. The molecule has 2 aliphatic rings. The summed E-state index contributed by atoms with van der Waals surface area (Å²) in [6.07, 6.45) is 4.59. The van der Waals surface area contributed by atoms with E-state index >= 15 is 0 Å². The van der Waals surface area contributed by atoms with Crippen LogP contribution in [-0.4, -0.2) is 51.8 Å². The van der Waals surface area contributed by atoms with Crippen LogP contribution in [0.4, 0.5) is 0 Å². The van der Waals surface area contributed by atoms with Gasteiger partial charge < -0.3 is 10.0 Å². The average Bonchev–Trinajstić information content (AvgIpc) is 2.66. The molecule has 6 heteroatoms. The van der Waals surface area contributed by atoms with Gasteiger partial charge in [-0.3, -0.25) is 9.69 Å². The van der Waals surface area contributed by atoms with E-state index in [4.69, 9.17) is 5.11 Å². The van der Waals surface area contributed by atoms with Crippen molar-refractivity contribution in [1.29, 1.82) is 0 Å². The van der Waals surface area contributed by atoms with Crippen LogP contribution in [0.2, 0.25) is 0 Å². The molecule has 5 nitrogen and oxygen atoms in total. The van der Waals surface area contributed by atoms with Crippen LogP contribution in [-0.2, 0) is 9.59 Å². The molecule has 2 rings (SSSR count). The molecule has 2 heterocycles. The Morgan fingerprint density at radius 2 is 2.11 bits per heavy atom. The van der Waals surface area contributed by atoms with E-state index in [0.29, 0.717) is 11.6 Å². The Labute approximate surface area is 111 Å². The Balaban J connectivity index is 2.14. The summed E-state index contributed by atoms with van der Waals surface area (Å²) in [4.78, 5) is 26.8. The van der Waals surface area contributed by atoms with Gasteiger partial charge in [-0.05, 0) is 32.9 Å². The van der Waals surface area contributed by atoms with E-state index in [1.54, 1.807) is 4.90 Å². The first-order valence-electron chi connectivity index (χ1n) is 6.30. The summed E-state index contributed by atoms with van der Waals surface area (Å²) in [6, 6.07) is 0. The lowest BCUT2D eigenvalue weighted by atomic mass is 10.1. The predicted molar refractivity (Wildman–Crippen MR) is 69.9 cm³/mol. The van der Waals surface area contributed by atoms with Gasteiger partial charge in [0.1, 0.15) is 5.37 Å². The van der Waals surface area contributed by atoms with Gasteiger partial charge >= 0.3 is 5.97 Å². The number of piperidine rings is 1. The fraction of sp³-hybridized carbons (Fsp3) is 0.667. The highest BCUT2D eigenvalue weighted by Crippen LogP contribution is 2.37. The Morgan fingerprint density at radius 3 is 2.67 bits per heavy atom. The van der Waals surface area contributed by atoms with Crippen molar-refractivity contribution in [2.75, 3.05) is 19.6 Å². The van der Waals surface area contributed by atoms with Crippen LogP contribution >= 0.6 is 11.8 Å². The summed E-state index contributed by atoms with van der Waals surface area (Å²) in [5.74, 6) is -0.972. The Bertz CT molecular complexity index is 378. The third kappa shape index (κ3) is 2.70. The smallest absolute Gasteiger partial charge is 0.330 e. The molecule has 2 aliphatic heterocycles. The zero-order chi connectivity index (χ0) is 13.1. The zero-order valence-electron chi connectivity index (χ0n) is 10.5. The molecule has 0 saturated carbocycles. The highest BCUT2D eigenvalue weighted by Gasteiger charge is 2.40. The third-order valence-corrected chi connectivity index (χ3v) is 4.56. The van der Waals surface area contributed by atoms with Gasteiger partial charge in [0.2, 0.25) is 0 Å². The molecule has 1 atom stereocenters. The molecular formula is C12H18N2O3S. The van der Waals surface area contributed by atoms with E-state index in [2.05, 4.69) is 4.90 Å². The molecule has 0 spiro atoms. The molecule has 0 bridgehead atoms. The van der Waals surface area contributed by atoms with Crippen LogP contribution in [0, 0.1) is 0 Å². The van der Waals surface area contributed by atoms with Gasteiger partial charge in [-0.25, -0.2) is 4.79 Å². The lowest BCUT2D eigenvalue weighted by Crippen LogP contribution is -2.43. The first kappa shape index (κ1) is 13.4. The number of hydrogen-bond acceptors (Lipinski definition) is 4. The van der Waals surface area contributed by atoms with Crippen LogP contribution in [0.1, 0.15) is 26.2 Å². The van der Waals surface area contributed by atoms with Crippen LogP contribution in [0.15, 0.2) is 11.1 Å². The second kappa shape index (κ2) is 5.75. The molecule has 2 saturated heterocycles. The van der Waals surface area contributed by atoms with Gasteiger partial charge in [-0.15, -0.1) is 0 Å². The number of hydrogen-bond donors (Lipinski definition) is 1. The average molecular weight is 270 g/mol. The van der Waals surface area contributed by atoms with Crippen LogP contribution in [0.5, 0.6) is 0 Å². The van der Waals surface area contributed by atoms with E-state index in [9.17, 15) is 9.59 Å². The topological polar surface area (TPSA) is 60.9 Å². The molecule has 0 aromatic rings. The molecule has 0 aromatic carbocycles. The van der Waals surface area contributed by atoms with Crippen LogP contribution < -0.4 is 0 Å². The second-order valence-corrected chi connectivity index (χ2v) is 5.57. The minimum absolute atomic E-state index is 0.0249. The van der Waals surface area contributed by atoms with Gasteiger partial charge in [-0.1, -0.05) is 18.2 Å². The molecule has 0 aromatic heterocycles. The fourth-order valence-corrected chi connectivity index (χ4v) is 3.72. The number of carboxylic acid groups (broad SMARTS) is 1. The van der Waals surface area contributed by atoms with Crippen molar-refractivity contribution in [2.45, 2.75) is 31.6 Å². The fourth-order valence-electron chi connectivity index (χ4n) is 2.38. The first-order chi connectivity index (χ1) is 8.63. The Kier molecular flexibility index (Phi) is 4.29. The highest BCUT2D eigenvalue weighted by molar-refractivity contribution is 8.04. The van der Waals surface area contributed by atoms with Gasteiger partial charge in [-0.2, -0.15) is 0 Å². The second-order valence-electron chi connectivity index (χ2n) is 4.47. The van der Waals surface area contributed by atoms with Crippen molar-refractivity contribution in [3.63, 3.8) is 0 Å². The number of likely N-dealkylation sites (N-methyl/N-ethyl adjacent to an activating group) is 1. The number of carbonyl (C=O) groups is 2. The highest BCUT2D eigenvalue weighted by atomic mass is 32.2. The molecule has 0 aliphatic carbocycles. The number of amides is 1. The van der Waals surface area contributed by atoms with E-state index in [1.165, 1.54) is 18.2 Å². The quantitative estimate of drug-likeness (QED) is 0.784. The number of thioether (sulfide) groups is 1. The maximum absolute atomic E-state index is 12.3. The first-order valence-corrected chi connectivity index (χ1v) is 7.18. The Morgan fingerprint density at radius 1 is 1.44 bits per heavy atom. The predicted octanol–water partition coefficient (Wildman–Crippen LogP) is 1.32. The van der Waals surface area contributed by atoms with Crippen molar-refractivity contribution in [2.24, 2.45) is 0 Å². The Hall–Kier alpha value is -1.01. The molecule has 2 fully saturated rings. The molecule has 18 heavy (non-hydrogen) atoms. The SMILES string of the molecule is CCN1C(=O)[C@@H](N2CCCCC2)S/C1=C\C(=O)O. The summed E-state index contributed by atoms with van der Waals surface area (Å²) in [5, 5.41) is 9.16. The van der Waals surface area contributed by atoms with Crippen molar-refractivity contribution in [3.8, 4) is 0 Å². The summed E-state index contributed by atoms with van der Waals surface area (Å²) >= 11 is 1.37. The number of carboxylic acids is 1. The summed E-state index contributed by atoms with van der Waals surface area (Å²) in [5.41, 5.74) is 0. The monoisotopic (exact) mass is 270 g/mol. The van der Waals surface area contributed by atoms with Gasteiger partial charge in [0, 0.05) is 6.54 Å². The van der Waals surface area contributed by atoms with Crippen molar-refractivity contribution >= 4 is 23.6 Å². The minimum atomic E-state index is -0.997. The van der Waals surface area contributed by atoms with E-state index in [1.807, 2.05) is 6.92 Å². The standard InChI is InChI=1S/C12H18N2O3S/c1-2-14-9(8-10(15)16)18-12(11(14)17)13-6-4-3-5-7-13/h8,12H,2-7H2,1H3,(H,15,16)/b9-8-/t12-/m0/s1. The number of likely N-dealkylation sites (tertiary alicyclic amines) is 1. The minimum Gasteiger partial charge on any atom is -0.478 e. The van der Waals surface area contributed by atoms with Gasteiger partial charge in [0.15, 0.2) is 0 Å². The van der Waals surface area contributed by atoms with Crippen LogP contribution in [0.25, 0.3) is 0 Å². The third-order valence-electron chi connectivity index (χ3n) is 3.26.